The average Bonchev–Trinajstić information content (AvgIpc) is 3.02. The molecule has 0 aliphatic carbocycles. The van der Waals surface area contributed by atoms with Crippen molar-refractivity contribution in [2.75, 3.05) is 43.1 Å². The minimum atomic E-state index is -0.334. The molecule has 7 heteroatoms. The van der Waals surface area contributed by atoms with Gasteiger partial charge in [0.15, 0.2) is 6.04 Å². The zero-order chi connectivity index (χ0) is 19.7. The standard InChI is InChI=1S/C21H22ClN3O3/c1-28-19-8-3-2-7-17(19)25-20(26)14-18(21(25)27)24-11-9-23(10-12-24)16-6-4-5-15(22)13-16/h2-8,13,18H,9-12,14H2,1H3/p+1/t18-/m0/s1. The van der Waals surface area contributed by atoms with Gasteiger partial charge in [0.25, 0.3) is 5.91 Å². The summed E-state index contributed by atoms with van der Waals surface area (Å²) in [7, 11) is 1.54. The summed E-state index contributed by atoms with van der Waals surface area (Å²) < 4.78 is 5.34. The SMILES string of the molecule is COc1ccccc1N1C(=O)C[C@H]([NH+]2CCN(c3cccc(Cl)c3)CC2)C1=O. The van der Waals surface area contributed by atoms with Crippen LogP contribution in [0.25, 0.3) is 0 Å². The van der Waals surface area contributed by atoms with Gasteiger partial charge in [0, 0.05) is 10.7 Å². The van der Waals surface area contributed by atoms with Crippen molar-refractivity contribution >= 4 is 34.8 Å². The van der Waals surface area contributed by atoms with Gasteiger partial charge in [0.2, 0.25) is 5.91 Å². The smallest absolute Gasteiger partial charge is 0.292 e. The highest BCUT2D eigenvalue weighted by Gasteiger charge is 2.47. The third kappa shape index (κ3) is 3.45. The van der Waals surface area contributed by atoms with Gasteiger partial charge in [0.1, 0.15) is 5.75 Å². The molecule has 1 N–H and O–H groups in total. The highest BCUT2D eigenvalue weighted by atomic mass is 35.5. The van der Waals surface area contributed by atoms with Crippen LogP contribution in [0.4, 0.5) is 11.4 Å². The van der Waals surface area contributed by atoms with Crippen molar-refractivity contribution in [3.8, 4) is 5.75 Å². The van der Waals surface area contributed by atoms with E-state index in [1.807, 2.05) is 36.4 Å². The molecule has 0 saturated carbocycles. The first-order chi connectivity index (χ1) is 13.6. The number of carbonyl (C=O) groups excluding carboxylic acids is 2. The quantitative estimate of drug-likeness (QED) is 0.788. The van der Waals surface area contributed by atoms with Crippen LogP contribution in [0.15, 0.2) is 48.5 Å². The monoisotopic (exact) mass is 400 g/mol. The second-order valence-corrected chi connectivity index (χ2v) is 7.56. The summed E-state index contributed by atoms with van der Waals surface area (Å²) in [5.41, 5.74) is 1.62. The van der Waals surface area contributed by atoms with Crippen LogP contribution in [-0.4, -0.2) is 51.1 Å². The van der Waals surface area contributed by atoms with Crippen molar-refractivity contribution in [2.45, 2.75) is 12.5 Å². The fraction of sp³-hybridized carbons (Fsp3) is 0.333. The number of benzene rings is 2. The van der Waals surface area contributed by atoms with Crippen molar-refractivity contribution in [3.63, 3.8) is 0 Å². The zero-order valence-corrected chi connectivity index (χ0v) is 16.5. The number of para-hydroxylation sites is 2. The van der Waals surface area contributed by atoms with Crippen molar-refractivity contribution in [1.82, 2.24) is 0 Å². The summed E-state index contributed by atoms with van der Waals surface area (Å²) in [5.74, 6) is 0.232. The molecule has 28 heavy (non-hydrogen) atoms. The van der Waals surface area contributed by atoms with E-state index < -0.39 is 0 Å². The van der Waals surface area contributed by atoms with E-state index in [0.29, 0.717) is 11.4 Å². The molecule has 146 valence electrons. The second-order valence-electron chi connectivity index (χ2n) is 7.12. The number of quaternary nitrogens is 1. The number of ether oxygens (including phenoxy) is 1. The number of nitrogens with one attached hydrogen (secondary N) is 1. The van der Waals surface area contributed by atoms with E-state index in [1.165, 1.54) is 4.90 Å². The number of rotatable bonds is 4. The number of hydrogen-bond donors (Lipinski definition) is 1. The summed E-state index contributed by atoms with van der Waals surface area (Å²) in [6.07, 6.45) is 0.239. The van der Waals surface area contributed by atoms with Crippen molar-refractivity contribution < 1.29 is 19.2 Å². The Kier molecular flexibility index (Phi) is 5.24. The molecule has 2 fully saturated rings. The first-order valence-electron chi connectivity index (χ1n) is 9.43. The normalized spacial score (nSPS) is 20.7. The van der Waals surface area contributed by atoms with Gasteiger partial charge in [-0.2, -0.15) is 0 Å². The average molecular weight is 401 g/mol. The Morgan fingerprint density at radius 2 is 1.82 bits per heavy atom. The number of methoxy groups -OCH3 is 1. The number of carbonyl (C=O) groups is 2. The first-order valence-corrected chi connectivity index (χ1v) is 9.81. The van der Waals surface area contributed by atoms with E-state index in [4.69, 9.17) is 16.3 Å². The van der Waals surface area contributed by atoms with Gasteiger partial charge in [-0.05, 0) is 30.3 Å². The maximum atomic E-state index is 13.1. The molecule has 4 rings (SSSR count). The fourth-order valence-corrected chi connectivity index (χ4v) is 4.28. The molecule has 0 bridgehead atoms. The number of piperazine rings is 1. The Hall–Kier alpha value is -2.57. The topological polar surface area (TPSA) is 54.3 Å². The van der Waals surface area contributed by atoms with E-state index in [2.05, 4.69) is 4.90 Å². The number of imide groups is 1. The molecule has 2 saturated heterocycles. The van der Waals surface area contributed by atoms with Gasteiger partial charge in [-0.3, -0.25) is 9.59 Å². The van der Waals surface area contributed by atoms with Crippen LogP contribution in [0, 0.1) is 0 Å². The molecule has 2 heterocycles. The third-order valence-corrected chi connectivity index (χ3v) is 5.78. The van der Waals surface area contributed by atoms with Gasteiger partial charge in [-0.15, -0.1) is 0 Å². The van der Waals surface area contributed by atoms with E-state index in [0.717, 1.165) is 41.8 Å². The lowest BCUT2D eigenvalue weighted by molar-refractivity contribution is -0.915. The van der Waals surface area contributed by atoms with Crippen molar-refractivity contribution in [3.05, 3.63) is 53.6 Å². The molecule has 6 nitrogen and oxygen atoms in total. The molecule has 0 aromatic heterocycles. The minimum Gasteiger partial charge on any atom is -0.495 e. The molecular weight excluding hydrogens is 378 g/mol. The summed E-state index contributed by atoms with van der Waals surface area (Å²) in [5, 5.41) is 0.719. The lowest BCUT2D eigenvalue weighted by Crippen LogP contribution is -3.19. The summed E-state index contributed by atoms with van der Waals surface area (Å²) in [4.78, 5) is 30.4. The van der Waals surface area contributed by atoms with Gasteiger partial charge in [-0.1, -0.05) is 29.8 Å². The van der Waals surface area contributed by atoms with Crippen LogP contribution in [-0.2, 0) is 9.59 Å². The highest BCUT2D eigenvalue weighted by molar-refractivity contribution is 6.30. The molecule has 0 radical (unpaired) electrons. The molecule has 1 atom stereocenters. The highest BCUT2D eigenvalue weighted by Crippen LogP contribution is 2.31. The Labute approximate surface area is 169 Å². The Morgan fingerprint density at radius 1 is 1.07 bits per heavy atom. The molecule has 0 unspecified atom stereocenters. The fourth-order valence-electron chi connectivity index (χ4n) is 4.09. The van der Waals surface area contributed by atoms with E-state index in [1.54, 1.807) is 19.2 Å². The van der Waals surface area contributed by atoms with Crippen LogP contribution >= 0.6 is 11.6 Å². The van der Waals surface area contributed by atoms with E-state index >= 15 is 0 Å². The Balaban J connectivity index is 1.46. The number of halogens is 1. The van der Waals surface area contributed by atoms with Crippen LogP contribution in [0.1, 0.15) is 6.42 Å². The van der Waals surface area contributed by atoms with Crippen LogP contribution in [0.3, 0.4) is 0 Å². The van der Waals surface area contributed by atoms with Gasteiger partial charge < -0.3 is 14.5 Å². The molecule has 2 aliphatic heterocycles. The van der Waals surface area contributed by atoms with Crippen molar-refractivity contribution in [2.24, 2.45) is 0 Å². The van der Waals surface area contributed by atoms with Crippen LogP contribution in [0.5, 0.6) is 5.75 Å². The number of amides is 2. The molecule has 2 aromatic carbocycles. The molecular formula is C21H23ClN3O3+. The summed E-state index contributed by atoms with van der Waals surface area (Å²) in [6.45, 7) is 3.25. The maximum Gasteiger partial charge on any atom is 0.292 e. The van der Waals surface area contributed by atoms with Crippen molar-refractivity contribution in [1.29, 1.82) is 0 Å². The predicted octanol–water partition coefficient (Wildman–Crippen LogP) is 1.39. The molecule has 0 spiro atoms. The number of nitrogens with zero attached hydrogens (tertiary/aromatic N) is 2. The lowest BCUT2D eigenvalue weighted by Gasteiger charge is -2.35. The van der Waals surface area contributed by atoms with E-state index in [9.17, 15) is 9.59 Å². The van der Waals surface area contributed by atoms with Gasteiger partial charge >= 0.3 is 0 Å². The third-order valence-electron chi connectivity index (χ3n) is 5.54. The second kappa shape index (κ2) is 7.81. The first kappa shape index (κ1) is 18.8. The van der Waals surface area contributed by atoms with E-state index in [-0.39, 0.29) is 24.3 Å². The Bertz CT molecular complexity index is 896. The Morgan fingerprint density at radius 3 is 2.54 bits per heavy atom. The zero-order valence-electron chi connectivity index (χ0n) is 15.7. The number of anilines is 2. The molecule has 2 amide bonds. The van der Waals surface area contributed by atoms with Crippen LogP contribution < -0.4 is 19.4 Å². The molecule has 2 aromatic rings. The van der Waals surface area contributed by atoms with Crippen LogP contribution in [0.2, 0.25) is 5.02 Å². The largest absolute Gasteiger partial charge is 0.495 e. The number of hydrogen-bond acceptors (Lipinski definition) is 4. The van der Waals surface area contributed by atoms with Gasteiger partial charge in [0.05, 0.1) is 45.4 Å². The van der Waals surface area contributed by atoms with Gasteiger partial charge in [-0.25, -0.2) is 4.90 Å². The maximum absolute atomic E-state index is 13.1. The minimum absolute atomic E-state index is 0.138. The molecule has 2 aliphatic rings. The predicted molar refractivity (Wildman–Crippen MR) is 108 cm³/mol. The summed E-state index contributed by atoms with van der Waals surface area (Å²) >= 11 is 6.10. The summed E-state index contributed by atoms with van der Waals surface area (Å²) in [6, 6.07) is 14.6. The lowest BCUT2D eigenvalue weighted by atomic mass is 10.1.